The van der Waals surface area contributed by atoms with E-state index in [0.717, 1.165) is 11.5 Å². The summed E-state index contributed by atoms with van der Waals surface area (Å²) in [5, 5.41) is 0.121. The summed E-state index contributed by atoms with van der Waals surface area (Å²) in [4.78, 5) is 28.3. The summed E-state index contributed by atoms with van der Waals surface area (Å²) >= 11 is 14.7. The lowest BCUT2D eigenvalue weighted by Gasteiger charge is -2.10. The van der Waals surface area contributed by atoms with Gasteiger partial charge in [-0.25, -0.2) is 0 Å². The van der Waals surface area contributed by atoms with Crippen molar-refractivity contribution in [1.29, 1.82) is 0 Å². The summed E-state index contributed by atoms with van der Waals surface area (Å²) in [5.41, 5.74) is 0. The maximum Gasteiger partial charge on any atom is 0.211 e. The quantitative estimate of drug-likeness (QED) is 0.128. The molecule has 184 valence electrons. The highest BCUT2D eigenvalue weighted by Gasteiger charge is 2.24. The maximum absolute atomic E-state index is 11.4. The fourth-order valence-electron chi connectivity index (χ4n) is 2.80. The van der Waals surface area contributed by atoms with Crippen molar-refractivity contribution in [2.45, 2.75) is 42.3 Å². The summed E-state index contributed by atoms with van der Waals surface area (Å²) in [6.07, 6.45) is 6.69. The molecule has 0 radical (unpaired) electrons. The van der Waals surface area contributed by atoms with Crippen LogP contribution < -0.4 is 0 Å². The van der Waals surface area contributed by atoms with Crippen LogP contribution in [0.25, 0.3) is 0 Å². The molecule has 0 N–H and O–H groups in total. The first-order valence-corrected chi connectivity index (χ1v) is 18.5. The zero-order chi connectivity index (χ0) is 24.1. The molecule has 2 aliphatic rings. The van der Waals surface area contributed by atoms with Crippen LogP contribution in [0.3, 0.4) is 0 Å². The smallest absolute Gasteiger partial charge is 0.211 e. The van der Waals surface area contributed by atoms with Crippen LogP contribution >= 0.6 is 94.1 Å². The van der Waals surface area contributed by atoms with E-state index in [1.807, 2.05) is 47.0 Å². The Kier molecular flexibility index (Phi) is 16.1. The third-order valence-corrected chi connectivity index (χ3v) is 15.6. The number of carbonyl (C=O) groups is 2. The molecule has 33 heavy (non-hydrogen) atoms. The minimum Gasteiger partial charge on any atom is -0.282 e. The van der Waals surface area contributed by atoms with Crippen molar-refractivity contribution in [3.05, 3.63) is 44.9 Å². The molecule has 0 spiro atoms. The molecule has 0 aliphatic carbocycles. The van der Waals surface area contributed by atoms with E-state index < -0.39 is 0 Å². The van der Waals surface area contributed by atoms with Gasteiger partial charge in [0.2, 0.25) is 10.2 Å². The molecular weight excluding hydrogens is 565 g/mol. The van der Waals surface area contributed by atoms with Crippen LogP contribution in [0.15, 0.2) is 44.9 Å². The van der Waals surface area contributed by atoms with Gasteiger partial charge in [-0.3, -0.25) is 9.59 Å². The predicted molar refractivity (Wildman–Crippen MR) is 167 cm³/mol. The van der Waals surface area contributed by atoms with Crippen LogP contribution in [0.1, 0.15) is 33.1 Å². The molecule has 2 aliphatic heterocycles. The Morgan fingerprint density at radius 3 is 1.58 bits per heavy atom. The number of hydrogen-bond acceptors (Lipinski definition) is 10. The zero-order valence-electron chi connectivity index (χ0n) is 19.2. The highest BCUT2D eigenvalue weighted by atomic mass is 32.2. The highest BCUT2D eigenvalue weighted by molar-refractivity contribution is 8.25. The Hall–Kier alpha value is 1.10. The number of unbranched alkanes of at least 4 members (excludes halogenated alkanes) is 2. The average molecular weight is 597 g/mol. The van der Waals surface area contributed by atoms with Gasteiger partial charge in [0.05, 0.1) is 9.16 Å². The summed E-state index contributed by atoms with van der Waals surface area (Å²) in [7, 11) is 0. The monoisotopic (exact) mass is 596 g/mol. The van der Waals surface area contributed by atoms with Crippen molar-refractivity contribution in [1.82, 2.24) is 0 Å². The van der Waals surface area contributed by atoms with Crippen molar-refractivity contribution >= 4 is 104 Å². The van der Waals surface area contributed by atoms with Crippen LogP contribution in [-0.4, -0.2) is 53.9 Å². The second-order valence-electron chi connectivity index (χ2n) is 7.12. The molecule has 0 aromatic heterocycles. The van der Waals surface area contributed by atoms with Crippen molar-refractivity contribution in [2.75, 3.05) is 34.5 Å². The number of rotatable bonds is 16. The molecule has 0 aromatic carbocycles. The third-order valence-electron chi connectivity index (χ3n) is 4.56. The predicted octanol–water partition coefficient (Wildman–Crippen LogP) is 8.59. The number of hydrogen-bond donors (Lipinski definition) is 0. The van der Waals surface area contributed by atoms with E-state index in [1.54, 1.807) is 0 Å². The van der Waals surface area contributed by atoms with Crippen LogP contribution in [0.2, 0.25) is 0 Å². The van der Waals surface area contributed by atoms with Gasteiger partial charge in [-0.1, -0.05) is 43.1 Å². The number of carbonyl (C=O) groups excluding carboxylic acids is 2. The van der Waals surface area contributed by atoms with E-state index in [2.05, 4.69) is 50.5 Å². The van der Waals surface area contributed by atoms with E-state index >= 15 is 0 Å². The standard InChI is InChI=1S/C23H32O2S8/c1-5-20(24)28-12-18-16(3)30-22(32-18)14-26-10-8-7-9-11-27-15-23-31-17(4)19(33-23)13-29-21(25)6-2/h5-6,22-23H,1-2,7-15H2,3-4H3. The van der Waals surface area contributed by atoms with Gasteiger partial charge in [0, 0.05) is 32.8 Å². The lowest BCUT2D eigenvalue weighted by atomic mass is 10.3. The molecule has 2 heterocycles. The Bertz CT molecular complexity index is 700. The van der Waals surface area contributed by atoms with Gasteiger partial charge in [0.25, 0.3) is 0 Å². The minimum atomic E-state index is 0.0604. The molecular formula is C23H32O2S8. The summed E-state index contributed by atoms with van der Waals surface area (Å²) < 4.78 is 1.19. The first-order chi connectivity index (χ1) is 15.9. The Labute approximate surface area is 233 Å². The largest absolute Gasteiger partial charge is 0.282 e. The topological polar surface area (TPSA) is 34.1 Å². The van der Waals surface area contributed by atoms with Crippen LogP contribution in [0, 0.1) is 0 Å². The summed E-state index contributed by atoms with van der Waals surface area (Å²) in [5.74, 6) is 6.40. The van der Waals surface area contributed by atoms with Crippen LogP contribution in [0.5, 0.6) is 0 Å². The molecule has 0 saturated carbocycles. The second-order valence-corrected chi connectivity index (χ2v) is 17.4. The number of allylic oxidation sites excluding steroid dienone is 2. The molecule has 2 rings (SSSR count). The average Bonchev–Trinajstić information content (AvgIpc) is 3.35. The number of thioether (sulfide) groups is 8. The fraction of sp³-hybridized carbons (Fsp3) is 0.565. The van der Waals surface area contributed by atoms with Crippen LogP contribution in [-0.2, 0) is 9.59 Å². The molecule has 0 fully saturated rings. The normalized spacial score (nSPS) is 20.5. The highest BCUT2D eigenvalue weighted by Crippen LogP contribution is 2.48. The third kappa shape index (κ3) is 12.3. The summed E-state index contributed by atoms with van der Waals surface area (Å²) in [6, 6.07) is 0. The Balaban J connectivity index is 1.43. The van der Waals surface area contributed by atoms with E-state index in [1.165, 1.54) is 97.6 Å². The lowest BCUT2D eigenvalue weighted by molar-refractivity contribution is -0.107. The first-order valence-electron chi connectivity index (χ1n) is 10.7. The van der Waals surface area contributed by atoms with E-state index in [0.29, 0.717) is 9.16 Å². The lowest BCUT2D eigenvalue weighted by Crippen LogP contribution is -1.99. The van der Waals surface area contributed by atoms with E-state index in [9.17, 15) is 9.59 Å². The van der Waals surface area contributed by atoms with E-state index in [4.69, 9.17) is 0 Å². The van der Waals surface area contributed by atoms with Gasteiger partial charge in [0.1, 0.15) is 0 Å². The molecule has 0 aromatic rings. The first kappa shape index (κ1) is 30.3. The van der Waals surface area contributed by atoms with Gasteiger partial charge < -0.3 is 0 Å². The SMILES string of the molecule is C=CC(=O)SCC1=C(C)SC(CSCCCCCSCC2SC(C)=C(CSC(=O)C=C)S2)S1. The van der Waals surface area contributed by atoms with Crippen molar-refractivity contribution in [3.63, 3.8) is 0 Å². The molecule has 0 bridgehead atoms. The summed E-state index contributed by atoms with van der Waals surface area (Å²) in [6.45, 7) is 11.4. The van der Waals surface area contributed by atoms with Gasteiger partial charge in [0.15, 0.2) is 0 Å². The van der Waals surface area contributed by atoms with Gasteiger partial charge in [-0.05, 0) is 60.2 Å². The molecule has 2 nitrogen and oxygen atoms in total. The maximum atomic E-state index is 11.4. The van der Waals surface area contributed by atoms with Gasteiger partial charge in [-0.15, -0.1) is 47.0 Å². The van der Waals surface area contributed by atoms with E-state index in [-0.39, 0.29) is 10.2 Å². The molecule has 0 amide bonds. The Morgan fingerprint density at radius 1 is 0.758 bits per heavy atom. The van der Waals surface area contributed by atoms with Gasteiger partial charge >= 0.3 is 0 Å². The zero-order valence-corrected chi connectivity index (χ0v) is 25.7. The van der Waals surface area contributed by atoms with Crippen LogP contribution in [0.4, 0.5) is 0 Å². The second kappa shape index (κ2) is 17.5. The Morgan fingerprint density at radius 2 is 1.18 bits per heavy atom. The fourth-order valence-corrected chi connectivity index (χ4v) is 13.6. The molecule has 10 heteroatoms. The van der Waals surface area contributed by atoms with Crippen molar-refractivity contribution in [3.8, 4) is 0 Å². The molecule has 2 atom stereocenters. The van der Waals surface area contributed by atoms with Crippen molar-refractivity contribution in [2.24, 2.45) is 0 Å². The molecule has 2 unspecified atom stereocenters. The molecule has 0 saturated heterocycles. The minimum absolute atomic E-state index is 0.0604. The van der Waals surface area contributed by atoms with Gasteiger partial charge in [-0.2, -0.15) is 23.5 Å². The van der Waals surface area contributed by atoms with Crippen molar-refractivity contribution < 1.29 is 9.59 Å².